The summed E-state index contributed by atoms with van der Waals surface area (Å²) in [6, 6.07) is 3.01. The van der Waals surface area contributed by atoms with Gasteiger partial charge in [-0.3, -0.25) is 0 Å². The SMILES string of the molecule is CCc1oc2c(NC(=O)N(C)C[C@H](O)CO)cc(Cl)cc2c1C. The molecule has 1 aromatic carbocycles. The van der Waals surface area contributed by atoms with Gasteiger partial charge >= 0.3 is 6.03 Å². The zero-order valence-electron chi connectivity index (χ0n) is 13.4. The zero-order chi connectivity index (χ0) is 17.1. The van der Waals surface area contributed by atoms with E-state index in [0.717, 1.165) is 23.1 Å². The molecular formula is C16H21ClN2O4. The van der Waals surface area contributed by atoms with Crippen LogP contribution < -0.4 is 5.32 Å². The minimum Gasteiger partial charge on any atom is -0.459 e. The number of urea groups is 1. The van der Waals surface area contributed by atoms with Crippen molar-refractivity contribution in [2.45, 2.75) is 26.4 Å². The Morgan fingerprint density at radius 3 is 2.78 bits per heavy atom. The van der Waals surface area contributed by atoms with E-state index >= 15 is 0 Å². The van der Waals surface area contributed by atoms with Crippen molar-refractivity contribution in [1.82, 2.24) is 4.90 Å². The molecule has 0 aliphatic rings. The summed E-state index contributed by atoms with van der Waals surface area (Å²) in [4.78, 5) is 13.5. The molecule has 3 N–H and O–H groups in total. The Kier molecular flexibility index (Phi) is 5.51. The summed E-state index contributed by atoms with van der Waals surface area (Å²) < 4.78 is 5.84. The molecule has 0 fully saturated rings. The molecule has 0 aliphatic heterocycles. The molecule has 0 radical (unpaired) electrons. The first-order valence-corrected chi connectivity index (χ1v) is 7.77. The normalized spacial score (nSPS) is 12.4. The molecule has 0 aliphatic carbocycles. The summed E-state index contributed by atoms with van der Waals surface area (Å²) in [6.07, 6.45) is -0.239. The summed E-state index contributed by atoms with van der Waals surface area (Å²) >= 11 is 6.14. The third-order valence-corrected chi connectivity index (χ3v) is 3.92. The Labute approximate surface area is 139 Å². The molecule has 0 saturated heterocycles. The first-order valence-electron chi connectivity index (χ1n) is 7.39. The smallest absolute Gasteiger partial charge is 0.321 e. The van der Waals surface area contributed by atoms with Gasteiger partial charge in [0, 0.05) is 23.9 Å². The van der Waals surface area contributed by atoms with Gasteiger partial charge in [0.2, 0.25) is 0 Å². The van der Waals surface area contributed by atoms with Crippen molar-refractivity contribution in [2.24, 2.45) is 0 Å². The van der Waals surface area contributed by atoms with Crippen LogP contribution in [-0.2, 0) is 6.42 Å². The molecule has 2 aromatic rings. The van der Waals surface area contributed by atoms with Gasteiger partial charge in [0.15, 0.2) is 5.58 Å². The van der Waals surface area contributed by atoms with Crippen molar-refractivity contribution in [3.63, 3.8) is 0 Å². The number of hydrogen-bond acceptors (Lipinski definition) is 4. The Hall–Kier alpha value is -1.76. The number of aryl methyl sites for hydroxylation is 2. The van der Waals surface area contributed by atoms with Crippen LogP contribution in [0.5, 0.6) is 0 Å². The number of amides is 2. The zero-order valence-corrected chi connectivity index (χ0v) is 14.1. The highest BCUT2D eigenvalue weighted by Gasteiger charge is 2.18. The molecule has 1 heterocycles. The molecule has 6 nitrogen and oxygen atoms in total. The summed E-state index contributed by atoms with van der Waals surface area (Å²) in [6.45, 7) is 3.56. The maximum atomic E-state index is 12.2. The highest BCUT2D eigenvalue weighted by atomic mass is 35.5. The van der Waals surface area contributed by atoms with Crippen LogP contribution in [0, 0.1) is 6.92 Å². The lowest BCUT2D eigenvalue weighted by atomic mass is 10.1. The van der Waals surface area contributed by atoms with Crippen molar-refractivity contribution in [1.29, 1.82) is 0 Å². The van der Waals surface area contributed by atoms with E-state index in [4.69, 9.17) is 21.1 Å². The van der Waals surface area contributed by atoms with Crippen LogP contribution in [0.25, 0.3) is 11.0 Å². The quantitative estimate of drug-likeness (QED) is 0.781. The number of nitrogens with zero attached hydrogens (tertiary/aromatic N) is 1. The van der Waals surface area contributed by atoms with Crippen LogP contribution in [0.3, 0.4) is 0 Å². The molecule has 2 rings (SSSR count). The largest absolute Gasteiger partial charge is 0.459 e. The van der Waals surface area contributed by atoms with Crippen LogP contribution in [0.4, 0.5) is 10.5 Å². The molecular weight excluding hydrogens is 320 g/mol. The number of furan rings is 1. The minimum atomic E-state index is -0.984. The molecule has 2 amide bonds. The Morgan fingerprint density at radius 1 is 1.48 bits per heavy atom. The molecule has 23 heavy (non-hydrogen) atoms. The summed E-state index contributed by atoms with van der Waals surface area (Å²) in [7, 11) is 1.53. The standard InChI is InChI=1S/C16H21ClN2O4/c1-4-14-9(2)12-5-10(17)6-13(15(12)23-14)18-16(22)19(3)7-11(21)8-20/h5-6,11,20-21H,4,7-8H2,1-3H3,(H,18,22)/t11-/m0/s1. The second kappa shape index (κ2) is 7.21. The maximum Gasteiger partial charge on any atom is 0.321 e. The third kappa shape index (κ3) is 3.77. The first-order chi connectivity index (χ1) is 10.9. The number of aliphatic hydroxyl groups excluding tert-OH is 2. The number of rotatable bonds is 5. The number of fused-ring (bicyclic) bond motifs is 1. The molecule has 0 unspecified atom stereocenters. The van der Waals surface area contributed by atoms with Gasteiger partial charge in [-0.1, -0.05) is 18.5 Å². The summed E-state index contributed by atoms with van der Waals surface area (Å²) in [5.74, 6) is 0.849. The summed E-state index contributed by atoms with van der Waals surface area (Å²) in [5, 5.41) is 22.4. The predicted molar refractivity (Wildman–Crippen MR) is 90.1 cm³/mol. The van der Waals surface area contributed by atoms with Gasteiger partial charge in [0.25, 0.3) is 0 Å². The maximum absolute atomic E-state index is 12.2. The van der Waals surface area contributed by atoms with Gasteiger partial charge in [-0.2, -0.15) is 0 Å². The van der Waals surface area contributed by atoms with Crippen LogP contribution in [0.1, 0.15) is 18.2 Å². The molecule has 1 atom stereocenters. The fourth-order valence-corrected chi connectivity index (χ4v) is 2.65. The number of carbonyl (C=O) groups excluding carboxylic acids is 1. The van der Waals surface area contributed by atoms with Gasteiger partial charge in [0.1, 0.15) is 5.76 Å². The number of nitrogens with one attached hydrogen (secondary N) is 1. The second-order valence-corrected chi connectivity index (χ2v) is 5.92. The number of anilines is 1. The van der Waals surface area contributed by atoms with E-state index in [0.29, 0.717) is 16.3 Å². The van der Waals surface area contributed by atoms with Crippen LogP contribution >= 0.6 is 11.6 Å². The van der Waals surface area contributed by atoms with Crippen LogP contribution in [0.15, 0.2) is 16.5 Å². The van der Waals surface area contributed by atoms with Gasteiger partial charge < -0.3 is 24.8 Å². The molecule has 0 saturated carbocycles. The molecule has 0 bridgehead atoms. The van der Waals surface area contributed by atoms with Gasteiger partial charge in [-0.15, -0.1) is 0 Å². The molecule has 0 spiro atoms. The predicted octanol–water partition coefficient (Wildman–Crippen LogP) is 2.77. The first kappa shape index (κ1) is 17.6. The van der Waals surface area contributed by atoms with E-state index in [1.54, 1.807) is 6.07 Å². The van der Waals surface area contributed by atoms with E-state index in [9.17, 15) is 9.90 Å². The number of halogens is 1. The second-order valence-electron chi connectivity index (χ2n) is 5.48. The van der Waals surface area contributed by atoms with Crippen molar-refractivity contribution in [3.8, 4) is 0 Å². The van der Waals surface area contributed by atoms with Gasteiger partial charge in [-0.25, -0.2) is 4.79 Å². The van der Waals surface area contributed by atoms with Gasteiger partial charge in [0.05, 0.1) is 24.9 Å². The Bertz CT molecular complexity index is 714. The van der Waals surface area contributed by atoms with Gasteiger partial charge in [-0.05, 0) is 24.6 Å². The van der Waals surface area contributed by atoms with Crippen LogP contribution in [0.2, 0.25) is 5.02 Å². The number of carbonyl (C=O) groups is 1. The van der Waals surface area contributed by atoms with Crippen molar-refractivity contribution in [3.05, 3.63) is 28.5 Å². The number of hydrogen-bond donors (Lipinski definition) is 3. The van der Waals surface area contributed by atoms with E-state index in [1.165, 1.54) is 11.9 Å². The highest BCUT2D eigenvalue weighted by molar-refractivity contribution is 6.32. The average Bonchev–Trinajstić information content (AvgIpc) is 2.83. The van der Waals surface area contributed by atoms with Crippen LogP contribution in [-0.4, -0.2) is 47.4 Å². The number of likely N-dealkylation sites (N-methyl/N-ethyl adjacent to an activating group) is 1. The Morgan fingerprint density at radius 2 is 2.17 bits per heavy atom. The van der Waals surface area contributed by atoms with Crippen molar-refractivity contribution in [2.75, 3.05) is 25.5 Å². The number of aliphatic hydroxyl groups is 2. The highest BCUT2D eigenvalue weighted by Crippen LogP contribution is 2.34. The molecule has 1 aromatic heterocycles. The van der Waals surface area contributed by atoms with E-state index in [-0.39, 0.29) is 6.54 Å². The van der Waals surface area contributed by atoms with Crippen molar-refractivity contribution < 1.29 is 19.4 Å². The van der Waals surface area contributed by atoms with E-state index < -0.39 is 18.7 Å². The lowest BCUT2D eigenvalue weighted by Gasteiger charge is -2.20. The van der Waals surface area contributed by atoms with E-state index in [2.05, 4.69) is 5.32 Å². The molecule has 126 valence electrons. The third-order valence-electron chi connectivity index (χ3n) is 3.71. The topological polar surface area (TPSA) is 85.9 Å². The lowest BCUT2D eigenvalue weighted by Crippen LogP contribution is -2.38. The fraction of sp³-hybridized carbons (Fsp3) is 0.438. The lowest BCUT2D eigenvalue weighted by molar-refractivity contribution is 0.0750. The van der Waals surface area contributed by atoms with E-state index in [1.807, 2.05) is 19.9 Å². The minimum absolute atomic E-state index is 0.0173. The fourth-order valence-electron chi connectivity index (χ4n) is 2.43. The number of benzene rings is 1. The Balaban J connectivity index is 2.31. The van der Waals surface area contributed by atoms with Crippen molar-refractivity contribution >= 4 is 34.3 Å². The average molecular weight is 341 g/mol. The molecule has 7 heteroatoms. The summed E-state index contributed by atoms with van der Waals surface area (Å²) in [5.41, 5.74) is 2.06. The monoisotopic (exact) mass is 340 g/mol.